The Hall–Kier alpha value is -1.41. The number of carbonyl (C=O) groups excluding carboxylic acids is 1. The summed E-state index contributed by atoms with van der Waals surface area (Å²) >= 11 is 0. The Morgan fingerprint density at radius 3 is 2.65 bits per heavy atom. The molecule has 1 saturated heterocycles. The van der Waals surface area contributed by atoms with Gasteiger partial charge in [0.2, 0.25) is 5.91 Å². The zero-order chi connectivity index (χ0) is 14.9. The highest BCUT2D eigenvalue weighted by atomic mass is 32.2. The molecule has 0 aliphatic carbocycles. The van der Waals surface area contributed by atoms with Crippen molar-refractivity contribution in [3.63, 3.8) is 0 Å². The first-order valence-electron chi connectivity index (χ1n) is 6.56. The molecular formula is C12H20N4O3S. The third-order valence-corrected chi connectivity index (χ3v) is 5.64. The van der Waals surface area contributed by atoms with Crippen LogP contribution in [0.1, 0.15) is 18.4 Å². The molecule has 0 saturated carbocycles. The predicted molar refractivity (Wildman–Crippen MR) is 73.6 cm³/mol. The fraction of sp³-hybridized carbons (Fsp3) is 0.667. The second kappa shape index (κ2) is 5.53. The topological polar surface area (TPSA) is 75.5 Å². The Kier molecular flexibility index (Phi) is 4.14. The van der Waals surface area contributed by atoms with Crippen LogP contribution in [0, 0.1) is 6.92 Å². The van der Waals surface area contributed by atoms with Crippen molar-refractivity contribution in [3.05, 3.63) is 11.8 Å². The quantitative estimate of drug-likeness (QED) is 0.765. The minimum Gasteiger partial charge on any atom is -0.341 e. The summed E-state index contributed by atoms with van der Waals surface area (Å²) in [7, 11) is -0.431. The number of carbonyl (C=O) groups is 1. The Labute approximate surface area is 119 Å². The van der Waals surface area contributed by atoms with Crippen molar-refractivity contribution >= 4 is 15.9 Å². The summed E-state index contributed by atoms with van der Waals surface area (Å²) in [6.07, 6.45) is 2.96. The summed E-state index contributed by atoms with van der Waals surface area (Å²) in [5, 5.41) is 4.16. The number of rotatable bonds is 5. The average Bonchev–Trinajstić information content (AvgIpc) is 2.93. The fourth-order valence-corrected chi connectivity index (χ4v) is 3.83. The van der Waals surface area contributed by atoms with Gasteiger partial charge in [-0.1, -0.05) is 0 Å². The Morgan fingerprint density at radius 1 is 1.45 bits per heavy atom. The molecule has 0 bridgehead atoms. The molecule has 1 aliphatic heterocycles. The molecule has 0 atom stereocenters. The summed E-state index contributed by atoms with van der Waals surface area (Å²) in [6.45, 7) is 3.17. The number of likely N-dealkylation sites (tertiary alicyclic amines) is 1. The van der Waals surface area contributed by atoms with Gasteiger partial charge >= 0.3 is 0 Å². The Morgan fingerprint density at radius 2 is 2.15 bits per heavy atom. The molecule has 0 aromatic carbocycles. The fourth-order valence-electron chi connectivity index (χ4n) is 2.38. The van der Waals surface area contributed by atoms with Gasteiger partial charge in [-0.3, -0.25) is 9.48 Å². The van der Waals surface area contributed by atoms with Gasteiger partial charge < -0.3 is 4.90 Å². The minimum atomic E-state index is -3.57. The number of nitrogens with zero attached hydrogens (tertiary/aromatic N) is 4. The molecule has 1 amide bonds. The van der Waals surface area contributed by atoms with E-state index >= 15 is 0 Å². The summed E-state index contributed by atoms with van der Waals surface area (Å²) < 4.78 is 27.6. The highest BCUT2D eigenvalue weighted by Crippen LogP contribution is 2.18. The molecule has 1 fully saturated rings. The van der Waals surface area contributed by atoms with E-state index < -0.39 is 10.0 Å². The maximum atomic E-state index is 12.5. The third-order valence-electron chi connectivity index (χ3n) is 3.57. The normalized spacial score (nSPS) is 16.4. The van der Waals surface area contributed by atoms with E-state index in [1.54, 1.807) is 18.9 Å². The molecule has 0 spiro atoms. The number of aryl methyl sites for hydroxylation is 2. The van der Waals surface area contributed by atoms with Crippen LogP contribution in [0.15, 0.2) is 11.2 Å². The third kappa shape index (κ3) is 2.71. The molecule has 2 heterocycles. The lowest BCUT2D eigenvalue weighted by Gasteiger charge is -2.21. The average molecular weight is 300 g/mol. The molecule has 112 valence electrons. The van der Waals surface area contributed by atoms with E-state index in [2.05, 4.69) is 5.10 Å². The molecule has 1 aromatic rings. The molecule has 0 N–H and O–H groups in total. The summed E-state index contributed by atoms with van der Waals surface area (Å²) in [4.78, 5) is 13.2. The van der Waals surface area contributed by atoms with Gasteiger partial charge in [0.25, 0.3) is 10.0 Å². The summed E-state index contributed by atoms with van der Waals surface area (Å²) in [6, 6.07) is 0. The number of hydrogen-bond acceptors (Lipinski definition) is 4. The second-order valence-corrected chi connectivity index (χ2v) is 7.03. The van der Waals surface area contributed by atoms with E-state index in [-0.39, 0.29) is 10.9 Å². The van der Waals surface area contributed by atoms with E-state index in [0.717, 1.165) is 13.0 Å². The van der Waals surface area contributed by atoms with Gasteiger partial charge in [0, 0.05) is 45.7 Å². The van der Waals surface area contributed by atoms with Crippen LogP contribution in [-0.4, -0.2) is 60.0 Å². The van der Waals surface area contributed by atoms with E-state index in [9.17, 15) is 13.2 Å². The number of hydrogen-bond donors (Lipinski definition) is 0. The van der Waals surface area contributed by atoms with Crippen LogP contribution < -0.4 is 0 Å². The lowest BCUT2D eigenvalue weighted by atomic mass is 10.4. The van der Waals surface area contributed by atoms with E-state index in [1.165, 1.54) is 22.2 Å². The van der Waals surface area contributed by atoms with Gasteiger partial charge in [0.1, 0.15) is 0 Å². The van der Waals surface area contributed by atoms with Gasteiger partial charge in [0.05, 0.1) is 6.20 Å². The first-order valence-corrected chi connectivity index (χ1v) is 8.00. The maximum Gasteiger partial charge on any atom is 0.260 e. The van der Waals surface area contributed by atoms with Crippen molar-refractivity contribution < 1.29 is 13.2 Å². The Bertz CT molecular complexity index is 589. The first kappa shape index (κ1) is 15.0. The van der Waals surface area contributed by atoms with Gasteiger partial charge in [-0.05, 0) is 13.3 Å². The van der Waals surface area contributed by atoms with Crippen LogP contribution in [0.2, 0.25) is 0 Å². The number of sulfonamides is 1. The maximum absolute atomic E-state index is 12.5. The van der Waals surface area contributed by atoms with Gasteiger partial charge in [-0.2, -0.15) is 9.40 Å². The SMILES string of the molecule is Cc1cnn(C)c1S(=O)(=O)N(C)CCN1CCCC1=O. The summed E-state index contributed by atoms with van der Waals surface area (Å²) in [5.41, 5.74) is 0.622. The molecule has 7 nitrogen and oxygen atoms in total. The van der Waals surface area contributed by atoms with E-state index in [4.69, 9.17) is 0 Å². The number of aromatic nitrogens is 2. The van der Waals surface area contributed by atoms with Crippen molar-refractivity contribution in [2.75, 3.05) is 26.7 Å². The van der Waals surface area contributed by atoms with Crippen LogP contribution in [0.3, 0.4) is 0 Å². The zero-order valence-electron chi connectivity index (χ0n) is 12.0. The highest BCUT2D eigenvalue weighted by molar-refractivity contribution is 7.89. The molecule has 0 radical (unpaired) electrons. The van der Waals surface area contributed by atoms with Crippen molar-refractivity contribution in [2.24, 2.45) is 7.05 Å². The molecule has 2 rings (SSSR count). The Balaban J connectivity index is 2.08. The smallest absolute Gasteiger partial charge is 0.260 e. The highest BCUT2D eigenvalue weighted by Gasteiger charge is 2.28. The molecule has 8 heteroatoms. The van der Waals surface area contributed by atoms with Crippen molar-refractivity contribution in [1.82, 2.24) is 19.0 Å². The molecule has 1 aromatic heterocycles. The van der Waals surface area contributed by atoms with Crippen molar-refractivity contribution in [1.29, 1.82) is 0 Å². The van der Waals surface area contributed by atoms with E-state index in [1.807, 2.05) is 0 Å². The largest absolute Gasteiger partial charge is 0.341 e. The first-order chi connectivity index (χ1) is 9.34. The second-order valence-electron chi connectivity index (χ2n) is 5.07. The van der Waals surface area contributed by atoms with Gasteiger partial charge in [-0.15, -0.1) is 0 Å². The van der Waals surface area contributed by atoms with Crippen molar-refractivity contribution in [3.8, 4) is 0 Å². The monoisotopic (exact) mass is 300 g/mol. The summed E-state index contributed by atoms with van der Waals surface area (Å²) in [5.74, 6) is 0.104. The van der Waals surface area contributed by atoms with Crippen LogP contribution in [0.4, 0.5) is 0 Å². The minimum absolute atomic E-state index is 0.104. The van der Waals surface area contributed by atoms with Crippen LogP contribution in [0.25, 0.3) is 0 Å². The molecular weight excluding hydrogens is 280 g/mol. The number of likely N-dealkylation sites (N-methyl/N-ethyl adjacent to an activating group) is 1. The molecule has 1 aliphatic rings. The van der Waals surface area contributed by atoms with Gasteiger partial charge in [-0.25, -0.2) is 8.42 Å². The van der Waals surface area contributed by atoms with E-state index in [0.29, 0.717) is 25.1 Å². The number of amides is 1. The lowest BCUT2D eigenvalue weighted by Crippen LogP contribution is -2.37. The van der Waals surface area contributed by atoms with Gasteiger partial charge in [0.15, 0.2) is 5.03 Å². The predicted octanol–water partition coefficient (Wildman–Crippen LogP) is -0.0286. The van der Waals surface area contributed by atoms with Crippen LogP contribution in [-0.2, 0) is 21.9 Å². The zero-order valence-corrected chi connectivity index (χ0v) is 12.9. The molecule has 20 heavy (non-hydrogen) atoms. The van der Waals surface area contributed by atoms with Crippen molar-refractivity contribution in [2.45, 2.75) is 24.8 Å². The molecule has 0 unspecified atom stereocenters. The lowest BCUT2D eigenvalue weighted by molar-refractivity contribution is -0.127. The van der Waals surface area contributed by atoms with Crippen LogP contribution >= 0.6 is 0 Å². The standard InChI is InChI=1S/C12H20N4O3S/c1-10-9-13-15(3)12(10)20(18,19)14(2)7-8-16-6-4-5-11(16)17/h9H,4-8H2,1-3H3. The van der Waals surface area contributed by atoms with Crippen LogP contribution in [0.5, 0.6) is 0 Å².